The molecule has 0 fully saturated rings. The molecule has 1 aromatic rings. The minimum Gasteiger partial charge on any atom is -0.210 e. The molecule has 13 heavy (non-hydrogen) atoms. The lowest BCUT2D eigenvalue weighted by Crippen LogP contribution is -2.04. The Morgan fingerprint density at radius 1 is 1.31 bits per heavy atom. The summed E-state index contributed by atoms with van der Waals surface area (Å²) in [5.41, 5.74) is 0.349. The molecule has 0 aliphatic heterocycles. The number of halogens is 4. The second-order valence-electron chi connectivity index (χ2n) is 2.80. The van der Waals surface area contributed by atoms with Gasteiger partial charge in [-0.15, -0.1) is 0 Å². The summed E-state index contributed by atoms with van der Waals surface area (Å²) in [6.45, 7) is 1.37. The Morgan fingerprint density at radius 3 is 2.38 bits per heavy atom. The standard InChI is InChI=1S/C9H8ClF3/c1-5(9(12)13)6-2-3-8(11)7(10)4-6/h2-5,9H,1H3. The van der Waals surface area contributed by atoms with Crippen molar-refractivity contribution in [2.45, 2.75) is 19.3 Å². The molecule has 0 amide bonds. The quantitative estimate of drug-likeness (QED) is 0.693. The van der Waals surface area contributed by atoms with Gasteiger partial charge in [-0.25, -0.2) is 13.2 Å². The zero-order valence-corrected chi connectivity index (χ0v) is 7.65. The SMILES string of the molecule is CC(c1ccc(F)c(Cl)c1)C(F)F. The van der Waals surface area contributed by atoms with Crippen LogP contribution >= 0.6 is 11.6 Å². The summed E-state index contributed by atoms with van der Waals surface area (Å²) < 4.78 is 37.1. The van der Waals surface area contributed by atoms with Crippen molar-refractivity contribution >= 4 is 11.6 Å². The first-order chi connectivity index (χ1) is 6.02. The van der Waals surface area contributed by atoms with Crippen LogP contribution in [0, 0.1) is 5.82 Å². The third kappa shape index (κ3) is 2.37. The van der Waals surface area contributed by atoms with Crippen molar-refractivity contribution in [1.29, 1.82) is 0 Å². The fourth-order valence-corrected chi connectivity index (χ4v) is 1.13. The number of benzene rings is 1. The van der Waals surface area contributed by atoms with Crippen LogP contribution in [-0.4, -0.2) is 6.43 Å². The molecule has 0 aliphatic rings. The van der Waals surface area contributed by atoms with Gasteiger partial charge in [0.2, 0.25) is 6.43 Å². The summed E-state index contributed by atoms with van der Waals surface area (Å²) in [6.07, 6.45) is -2.46. The van der Waals surface area contributed by atoms with Crippen molar-refractivity contribution < 1.29 is 13.2 Å². The van der Waals surface area contributed by atoms with Gasteiger partial charge in [0, 0.05) is 5.92 Å². The molecule has 1 rings (SSSR count). The molecular formula is C9H8ClF3. The predicted molar refractivity (Wildman–Crippen MR) is 45.8 cm³/mol. The number of hydrogen-bond donors (Lipinski definition) is 0. The van der Waals surface area contributed by atoms with Crippen LogP contribution in [0.3, 0.4) is 0 Å². The largest absolute Gasteiger partial charge is 0.245 e. The summed E-state index contributed by atoms with van der Waals surface area (Å²) >= 11 is 5.44. The van der Waals surface area contributed by atoms with Crippen LogP contribution in [0.25, 0.3) is 0 Å². The van der Waals surface area contributed by atoms with E-state index < -0.39 is 18.2 Å². The van der Waals surface area contributed by atoms with E-state index in [4.69, 9.17) is 11.6 Å². The maximum Gasteiger partial charge on any atom is 0.245 e. The molecule has 0 saturated carbocycles. The van der Waals surface area contributed by atoms with Gasteiger partial charge in [-0.1, -0.05) is 24.6 Å². The average molecular weight is 209 g/mol. The molecule has 0 spiro atoms. The second-order valence-corrected chi connectivity index (χ2v) is 3.20. The molecule has 1 aromatic carbocycles. The van der Waals surface area contributed by atoms with E-state index in [-0.39, 0.29) is 5.02 Å². The normalized spacial score (nSPS) is 13.4. The van der Waals surface area contributed by atoms with Crippen LogP contribution in [0.1, 0.15) is 18.4 Å². The Balaban J connectivity index is 2.97. The zero-order valence-electron chi connectivity index (χ0n) is 6.90. The lowest BCUT2D eigenvalue weighted by Gasteiger charge is -2.10. The first-order valence-corrected chi connectivity index (χ1v) is 4.13. The molecule has 0 nitrogen and oxygen atoms in total. The summed E-state index contributed by atoms with van der Waals surface area (Å²) in [5.74, 6) is -1.51. The van der Waals surface area contributed by atoms with Gasteiger partial charge in [-0.3, -0.25) is 0 Å². The average Bonchev–Trinajstić information content (AvgIpc) is 2.08. The van der Waals surface area contributed by atoms with Gasteiger partial charge in [-0.2, -0.15) is 0 Å². The van der Waals surface area contributed by atoms with Gasteiger partial charge in [0.15, 0.2) is 0 Å². The maximum absolute atomic E-state index is 12.6. The third-order valence-corrected chi connectivity index (χ3v) is 2.14. The Bertz CT molecular complexity index is 299. The zero-order chi connectivity index (χ0) is 10.0. The van der Waals surface area contributed by atoms with E-state index >= 15 is 0 Å². The Morgan fingerprint density at radius 2 is 1.92 bits per heavy atom. The minimum atomic E-state index is -2.46. The van der Waals surface area contributed by atoms with E-state index in [1.54, 1.807) is 0 Å². The lowest BCUT2D eigenvalue weighted by atomic mass is 10.0. The van der Waals surface area contributed by atoms with Crippen molar-refractivity contribution in [1.82, 2.24) is 0 Å². The van der Waals surface area contributed by atoms with Gasteiger partial charge in [-0.05, 0) is 17.7 Å². The van der Waals surface area contributed by atoms with Crippen LogP contribution in [-0.2, 0) is 0 Å². The molecule has 72 valence electrons. The fraction of sp³-hybridized carbons (Fsp3) is 0.333. The van der Waals surface area contributed by atoms with Gasteiger partial charge < -0.3 is 0 Å². The topological polar surface area (TPSA) is 0 Å². The number of alkyl halides is 2. The minimum absolute atomic E-state index is 0.120. The molecule has 4 heteroatoms. The molecule has 0 bridgehead atoms. The van der Waals surface area contributed by atoms with Gasteiger partial charge >= 0.3 is 0 Å². The Labute approximate surface area is 79.3 Å². The van der Waals surface area contributed by atoms with Crippen LogP contribution in [0.5, 0.6) is 0 Å². The van der Waals surface area contributed by atoms with E-state index in [1.165, 1.54) is 19.1 Å². The highest BCUT2D eigenvalue weighted by molar-refractivity contribution is 6.30. The first kappa shape index (κ1) is 10.4. The van der Waals surface area contributed by atoms with E-state index in [0.29, 0.717) is 5.56 Å². The molecule has 0 radical (unpaired) electrons. The van der Waals surface area contributed by atoms with E-state index in [0.717, 1.165) is 6.07 Å². The van der Waals surface area contributed by atoms with E-state index in [1.807, 2.05) is 0 Å². The highest BCUT2D eigenvalue weighted by Crippen LogP contribution is 2.26. The predicted octanol–water partition coefficient (Wildman–Crippen LogP) is 3.85. The first-order valence-electron chi connectivity index (χ1n) is 3.75. The number of hydrogen-bond acceptors (Lipinski definition) is 0. The molecule has 0 saturated heterocycles. The lowest BCUT2D eigenvalue weighted by molar-refractivity contribution is 0.121. The van der Waals surface area contributed by atoms with Crippen LogP contribution in [0.2, 0.25) is 5.02 Å². The highest BCUT2D eigenvalue weighted by Gasteiger charge is 2.17. The van der Waals surface area contributed by atoms with Crippen molar-refractivity contribution in [3.8, 4) is 0 Å². The van der Waals surface area contributed by atoms with Crippen molar-refractivity contribution in [3.05, 3.63) is 34.6 Å². The summed E-state index contributed by atoms with van der Waals surface area (Å²) in [5, 5.41) is -0.120. The molecule has 0 N–H and O–H groups in total. The van der Waals surface area contributed by atoms with Crippen molar-refractivity contribution in [2.75, 3.05) is 0 Å². The molecule has 1 unspecified atom stereocenters. The highest BCUT2D eigenvalue weighted by atomic mass is 35.5. The summed E-state index contributed by atoms with van der Waals surface area (Å²) in [6, 6.07) is 3.64. The monoisotopic (exact) mass is 208 g/mol. The molecule has 0 aromatic heterocycles. The molecular weight excluding hydrogens is 201 g/mol. The third-order valence-electron chi connectivity index (χ3n) is 1.85. The van der Waals surface area contributed by atoms with Crippen LogP contribution in [0.15, 0.2) is 18.2 Å². The second kappa shape index (κ2) is 4.01. The van der Waals surface area contributed by atoms with Crippen molar-refractivity contribution in [3.63, 3.8) is 0 Å². The molecule has 0 heterocycles. The van der Waals surface area contributed by atoms with Gasteiger partial charge in [0.05, 0.1) is 5.02 Å². The molecule has 1 atom stereocenters. The summed E-state index contributed by atoms with van der Waals surface area (Å²) in [4.78, 5) is 0. The smallest absolute Gasteiger partial charge is 0.210 e. The van der Waals surface area contributed by atoms with E-state index in [9.17, 15) is 13.2 Å². The summed E-state index contributed by atoms with van der Waals surface area (Å²) in [7, 11) is 0. The van der Waals surface area contributed by atoms with Gasteiger partial charge in [0.25, 0.3) is 0 Å². The Hall–Kier alpha value is -0.700. The van der Waals surface area contributed by atoms with Crippen molar-refractivity contribution in [2.24, 2.45) is 0 Å². The van der Waals surface area contributed by atoms with Gasteiger partial charge in [0.1, 0.15) is 5.82 Å². The maximum atomic E-state index is 12.6. The number of rotatable bonds is 2. The molecule has 0 aliphatic carbocycles. The van der Waals surface area contributed by atoms with Crippen LogP contribution in [0.4, 0.5) is 13.2 Å². The van der Waals surface area contributed by atoms with Crippen LogP contribution < -0.4 is 0 Å². The van der Waals surface area contributed by atoms with E-state index in [2.05, 4.69) is 0 Å². The Kier molecular flexibility index (Phi) is 3.20. The fourth-order valence-electron chi connectivity index (χ4n) is 0.941.